The van der Waals surface area contributed by atoms with Crippen molar-refractivity contribution in [1.29, 1.82) is 0 Å². The lowest BCUT2D eigenvalue weighted by molar-refractivity contribution is -0.115. The topological polar surface area (TPSA) is 78.0 Å². The minimum Gasteiger partial charge on any atom is -0.379 e. The Morgan fingerprint density at radius 1 is 1.03 bits per heavy atom. The van der Waals surface area contributed by atoms with Crippen molar-refractivity contribution in [2.75, 3.05) is 51.8 Å². The van der Waals surface area contributed by atoms with Crippen molar-refractivity contribution in [1.82, 2.24) is 15.5 Å². The number of nitrogens with one attached hydrogen (secondary N) is 3. The number of anilines is 1. The van der Waals surface area contributed by atoms with Crippen molar-refractivity contribution < 1.29 is 18.3 Å². The van der Waals surface area contributed by atoms with Crippen molar-refractivity contribution in [3.05, 3.63) is 65.7 Å². The highest BCUT2D eigenvalue weighted by Gasteiger charge is 2.23. The molecular weight excluding hydrogens is 404 g/mol. The van der Waals surface area contributed by atoms with E-state index in [1.807, 2.05) is 0 Å². The zero-order chi connectivity index (χ0) is 22.1. The van der Waals surface area contributed by atoms with Crippen LogP contribution in [0.3, 0.4) is 0 Å². The van der Waals surface area contributed by atoms with Gasteiger partial charge in [0.15, 0.2) is 5.96 Å². The van der Waals surface area contributed by atoms with Gasteiger partial charge in [0.2, 0.25) is 5.91 Å². The predicted molar refractivity (Wildman–Crippen MR) is 116 cm³/mol. The number of hydrogen-bond acceptors (Lipinski definition) is 4. The van der Waals surface area contributed by atoms with Gasteiger partial charge < -0.3 is 20.7 Å². The summed E-state index contributed by atoms with van der Waals surface area (Å²) in [7, 11) is 1.62. The molecule has 2 aromatic carbocycles. The van der Waals surface area contributed by atoms with Crippen LogP contribution >= 0.6 is 0 Å². The van der Waals surface area contributed by atoms with Gasteiger partial charge in [0, 0.05) is 32.4 Å². The first-order valence-electron chi connectivity index (χ1n) is 10.1. The number of halogens is 2. The van der Waals surface area contributed by atoms with Gasteiger partial charge in [0.05, 0.1) is 25.8 Å². The minimum absolute atomic E-state index is 0.00362. The summed E-state index contributed by atoms with van der Waals surface area (Å²) >= 11 is 0. The summed E-state index contributed by atoms with van der Waals surface area (Å²) in [4.78, 5) is 18.6. The number of guanidine groups is 1. The van der Waals surface area contributed by atoms with E-state index in [1.165, 1.54) is 36.4 Å². The first-order chi connectivity index (χ1) is 15.0. The van der Waals surface area contributed by atoms with Crippen LogP contribution in [-0.2, 0) is 9.53 Å². The lowest BCUT2D eigenvalue weighted by Crippen LogP contribution is -2.47. The Morgan fingerprint density at radius 2 is 1.65 bits per heavy atom. The first kappa shape index (κ1) is 22.6. The molecule has 166 valence electrons. The van der Waals surface area contributed by atoms with Gasteiger partial charge in [-0.2, -0.15) is 0 Å². The first-order valence-corrected chi connectivity index (χ1v) is 10.1. The third-order valence-electron chi connectivity index (χ3n) is 4.97. The van der Waals surface area contributed by atoms with E-state index in [-0.39, 0.29) is 30.1 Å². The number of hydrogen-bond donors (Lipinski definition) is 3. The maximum absolute atomic E-state index is 13.4. The summed E-state index contributed by atoms with van der Waals surface area (Å²) in [5.74, 6) is -0.453. The number of nitrogens with zero attached hydrogens (tertiary/aromatic N) is 2. The molecule has 0 saturated carbocycles. The molecule has 1 aliphatic heterocycles. The molecule has 2 aromatic rings. The van der Waals surface area contributed by atoms with Crippen molar-refractivity contribution in [3.63, 3.8) is 0 Å². The maximum atomic E-state index is 13.4. The van der Waals surface area contributed by atoms with Gasteiger partial charge in [-0.1, -0.05) is 12.1 Å². The quantitative estimate of drug-likeness (QED) is 0.463. The molecule has 1 atom stereocenters. The van der Waals surface area contributed by atoms with Gasteiger partial charge in [0.1, 0.15) is 11.6 Å². The molecule has 1 saturated heterocycles. The number of ether oxygens (including phenoxy) is 1. The zero-order valence-electron chi connectivity index (χ0n) is 17.4. The second kappa shape index (κ2) is 11.4. The van der Waals surface area contributed by atoms with Crippen LogP contribution in [-0.4, -0.2) is 63.2 Å². The van der Waals surface area contributed by atoms with Gasteiger partial charge >= 0.3 is 0 Å². The molecule has 1 aliphatic rings. The number of carbonyl (C=O) groups is 1. The van der Waals surface area contributed by atoms with E-state index in [4.69, 9.17) is 4.74 Å². The van der Waals surface area contributed by atoms with Crippen LogP contribution in [0.4, 0.5) is 14.5 Å². The van der Waals surface area contributed by atoms with Gasteiger partial charge in [-0.3, -0.25) is 14.7 Å². The number of amides is 1. The molecule has 0 aliphatic carbocycles. The zero-order valence-corrected chi connectivity index (χ0v) is 17.4. The summed E-state index contributed by atoms with van der Waals surface area (Å²) in [6.07, 6.45) is 0. The van der Waals surface area contributed by atoms with Crippen LogP contribution in [0.2, 0.25) is 0 Å². The highest BCUT2D eigenvalue weighted by atomic mass is 19.1. The Kier molecular flexibility index (Phi) is 8.31. The summed E-state index contributed by atoms with van der Waals surface area (Å²) in [6, 6.07) is 12.0. The molecule has 1 unspecified atom stereocenters. The largest absolute Gasteiger partial charge is 0.379 e. The average molecular weight is 431 g/mol. The smallest absolute Gasteiger partial charge is 0.243 e. The molecule has 0 spiro atoms. The molecule has 1 fully saturated rings. The number of morpholine rings is 1. The maximum Gasteiger partial charge on any atom is 0.243 e. The monoisotopic (exact) mass is 431 g/mol. The van der Waals surface area contributed by atoms with E-state index < -0.39 is 0 Å². The van der Waals surface area contributed by atoms with E-state index in [1.54, 1.807) is 19.2 Å². The fourth-order valence-electron chi connectivity index (χ4n) is 3.35. The molecule has 31 heavy (non-hydrogen) atoms. The molecule has 3 N–H and O–H groups in total. The van der Waals surface area contributed by atoms with Crippen LogP contribution in [0.15, 0.2) is 53.5 Å². The molecule has 9 heteroatoms. The standard InChI is InChI=1S/C22H27F2N5O2/c1-25-22(27-15-21(30)28-19-8-6-18(24)7-9-19)26-14-20(29-10-12-31-13-11-29)16-2-4-17(23)5-3-16/h2-9,20H,10-15H2,1H3,(H,28,30)(H2,25,26,27). The fraction of sp³-hybridized carbons (Fsp3) is 0.364. The number of aliphatic imine (C=N–C) groups is 1. The van der Waals surface area contributed by atoms with Gasteiger partial charge in [0.25, 0.3) is 0 Å². The Hall–Kier alpha value is -3.04. The third kappa shape index (κ3) is 7.01. The van der Waals surface area contributed by atoms with Crippen LogP contribution in [0.5, 0.6) is 0 Å². The summed E-state index contributed by atoms with van der Waals surface area (Å²) < 4.78 is 31.8. The molecule has 1 heterocycles. The van der Waals surface area contributed by atoms with Crippen molar-refractivity contribution in [2.24, 2.45) is 4.99 Å². The SMILES string of the molecule is CN=C(NCC(=O)Nc1ccc(F)cc1)NCC(c1ccc(F)cc1)N1CCOCC1. The lowest BCUT2D eigenvalue weighted by atomic mass is 10.0. The summed E-state index contributed by atoms with van der Waals surface area (Å²) in [6.45, 7) is 3.36. The van der Waals surface area contributed by atoms with Crippen molar-refractivity contribution in [3.8, 4) is 0 Å². The van der Waals surface area contributed by atoms with Gasteiger partial charge in [-0.05, 0) is 42.0 Å². The van der Waals surface area contributed by atoms with Crippen LogP contribution in [0.25, 0.3) is 0 Å². The van der Waals surface area contributed by atoms with E-state index >= 15 is 0 Å². The van der Waals surface area contributed by atoms with Crippen LogP contribution < -0.4 is 16.0 Å². The van der Waals surface area contributed by atoms with Crippen LogP contribution in [0.1, 0.15) is 11.6 Å². The second-order valence-corrected chi connectivity index (χ2v) is 7.08. The normalized spacial score (nSPS) is 15.9. The number of carbonyl (C=O) groups excluding carboxylic acids is 1. The van der Waals surface area contributed by atoms with Crippen molar-refractivity contribution >= 4 is 17.6 Å². The van der Waals surface area contributed by atoms with E-state index in [2.05, 4.69) is 25.8 Å². The Balaban J connectivity index is 1.55. The van der Waals surface area contributed by atoms with E-state index in [0.717, 1.165) is 18.7 Å². The molecule has 0 bridgehead atoms. The second-order valence-electron chi connectivity index (χ2n) is 7.08. The number of rotatable bonds is 7. The average Bonchev–Trinajstić information content (AvgIpc) is 2.79. The minimum atomic E-state index is -0.364. The fourth-order valence-corrected chi connectivity index (χ4v) is 3.35. The lowest BCUT2D eigenvalue weighted by Gasteiger charge is -2.35. The summed E-state index contributed by atoms with van der Waals surface area (Å²) in [5.41, 5.74) is 1.50. The Labute approximate surface area is 180 Å². The van der Waals surface area contributed by atoms with Crippen molar-refractivity contribution in [2.45, 2.75) is 6.04 Å². The van der Waals surface area contributed by atoms with Gasteiger partial charge in [-0.15, -0.1) is 0 Å². The Morgan fingerprint density at radius 3 is 2.26 bits per heavy atom. The summed E-state index contributed by atoms with van der Waals surface area (Å²) in [5, 5.41) is 8.90. The highest BCUT2D eigenvalue weighted by molar-refractivity contribution is 5.94. The van der Waals surface area contributed by atoms with Crippen LogP contribution in [0, 0.1) is 11.6 Å². The number of benzene rings is 2. The van der Waals surface area contributed by atoms with Gasteiger partial charge in [-0.25, -0.2) is 8.78 Å². The van der Waals surface area contributed by atoms with E-state index in [9.17, 15) is 13.6 Å². The molecule has 0 aromatic heterocycles. The predicted octanol–water partition coefficient (Wildman–Crippen LogP) is 2.14. The Bertz CT molecular complexity index is 868. The van der Waals surface area contributed by atoms with E-state index in [0.29, 0.717) is 31.4 Å². The molecule has 3 rings (SSSR count). The third-order valence-corrected chi connectivity index (χ3v) is 4.97. The molecular formula is C22H27F2N5O2. The molecule has 7 nitrogen and oxygen atoms in total. The highest BCUT2D eigenvalue weighted by Crippen LogP contribution is 2.21. The molecule has 0 radical (unpaired) electrons. The molecule has 1 amide bonds.